The van der Waals surface area contributed by atoms with Gasteiger partial charge >= 0.3 is 0 Å². The zero-order chi connectivity index (χ0) is 13.9. The van der Waals surface area contributed by atoms with Crippen LogP contribution < -0.4 is 0 Å². The molecule has 7 heteroatoms. The quantitative estimate of drug-likeness (QED) is 0.880. The van der Waals surface area contributed by atoms with Gasteiger partial charge in [0.15, 0.2) is 5.82 Å². The van der Waals surface area contributed by atoms with Crippen LogP contribution in [0.15, 0.2) is 4.52 Å². The standard InChI is InChI=1S/C13H19N5O2/c1-3-10-9-6-18(5-4-11(9)16-15-10)7-13-14-12(8-19-2)17-20-13/h3-8H2,1-2H3,(H,15,16). The average Bonchev–Trinajstić information content (AvgIpc) is 3.05. The van der Waals surface area contributed by atoms with E-state index in [1.165, 1.54) is 11.3 Å². The molecule has 0 saturated heterocycles. The molecule has 3 heterocycles. The van der Waals surface area contributed by atoms with Crippen molar-refractivity contribution < 1.29 is 9.26 Å². The number of H-pyrrole nitrogens is 1. The second-order valence-electron chi connectivity index (χ2n) is 4.98. The van der Waals surface area contributed by atoms with E-state index in [4.69, 9.17) is 9.26 Å². The van der Waals surface area contributed by atoms with Crippen LogP contribution in [0.5, 0.6) is 0 Å². The summed E-state index contributed by atoms with van der Waals surface area (Å²) in [6.07, 6.45) is 1.94. The average molecular weight is 277 g/mol. The van der Waals surface area contributed by atoms with Crippen molar-refractivity contribution in [1.82, 2.24) is 25.2 Å². The largest absolute Gasteiger partial charge is 0.377 e. The lowest BCUT2D eigenvalue weighted by Gasteiger charge is -2.25. The zero-order valence-corrected chi connectivity index (χ0v) is 11.8. The number of ether oxygens (including phenoxy) is 1. The van der Waals surface area contributed by atoms with Crippen molar-refractivity contribution in [2.75, 3.05) is 13.7 Å². The van der Waals surface area contributed by atoms with E-state index in [0.717, 1.165) is 31.6 Å². The molecule has 7 nitrogen and oxygen atoms in total. The Labute approximate surface area is 117 Å². The Balaban J connectivity index is 1.67. The van der Waals surface area contributed by atoms with Crippen LogP contribution in [0, 0.1) is 0 Å². The lowest BCUT2D eigenvalue weighted by atomic mass is 10.0. The Kier molecular flexibility index (Phi) is 3.79. The van der Waals surface area contributed by atoms with Gasteiger partial charge < -0.3 is 9.26 Å². The summed E-state index contributed by atoms with van der Waals surface area (Å²) in [6.45, 7) is 5.04. The summed E-state index contributed by atoms with van der Waals surface area (Å²) in [6, 6.07) is 0. The molecular weight excluding hydrogens is 258 g/mol. The molecule has 1 aliphatic heterocycles. The first-order valence-electron chi connectivity index (χ1n) is 6.88. The van der Waals surface area contributed by atoms with E-state index < -0.39 is 0 Å². The van der Waals surface area contributed by atoms with Crippen molar-refractivity contribution in [1.29, 1.82) is 0 Å². The van der Waals surface area contributed by atoms with Gasteiger partial charge in [-0.1, -0.05) is 12.1 Å². The molecule has 0 fully saturated rings. The fraction of sp³-hybridized carbons (Fsp3) is 0.615. The van der Waals surface area contributed by atoms with E-state index >= 15 is 0 Å². The molecule has 0 atom stereocenters. The lowest BCUT2D eigenvalue weighted by molar-refractivity contribution is 0.174. The molecule has 3 rings (SSSR count). The summed E-state index contributed by atoms with van der Waals surface area (Å²) in [4.78, 5) is 6.62. The summed E-state index contributed by atoms with van der Waals surface area (Å²) in [7, 11) is 1.62. The Morgan fingerprint density at radius 3 is 3.15 bits per heavy atom. The summed E-state index contributed by atoms with van der Waals surface area (Å²) in [5.41, 5.74) is 3.76. The Bertz CT molecular complexity index is 564. The van der Waals surface area contributed by atoms with Crippen molar-refractivity contribution in [3.8, 4) is 0 Å². The molecular formula is C13H19N5O2. The molecule has 0 unspecified atom stereocenters. The number of aromatic amines is 1. The van der Waals surface area contributed by atoms with Crippen LogP contribution in [-0.4, -0.2) is 38.9 Å². The zero-order valence-electron chi connectivity index (χ0n) is 11.8. The fourth-order valence-electron chi connectivity index (χ4n) is 2.57. The van der Waals surface area contributed by atoms with Gasteiger partial charge in [-0.05, 0) is 6.42 Å². The number of nitrogens with one attached hydrogen (secondary N) is 1. The molecule has 0 aliphatic carbocycles. The second-order valence-corrected chi connectivity index (χ2v) is 4.98. The van der Waals surface area contributed by atoms with Gasteiger partial charge in [-0.2, -0.15) is 10.1 Å². The fourth-order valence-corrected chi connectivity index (χ4v) is 2.57. The van der Waals surface area contributed by atoms with Gasteiger partial charge in [0, 0.05) is 37.9 Å². The molecule has 20 heavy (non-hydrogen) atoms. The van der Waals surface area contributed by atoms with Crippen molar-refractivity contribution in [2.45, 2.75) is 39.5 Å². The van der Waals surface area contributed by atoms with E-state index in [0.29, 0.717) is 24.9 Å². The van der Waals surface area contributed by atoms with Crippen LogP contribution in [0.1, 0.15) is 35.6 Å². The van der Waals surface area contributed by atoms with Crippen molar-refractivity contribution >= 4 is 0 Å². The van der Waals surface area contributed by atoms with E-state index in [-0.39, 0.29) is 0 Å². The molecule has 108 valence electrons. The lowest BCUT2D eigenvalue weighted by Crippen LogP contribution is -2.30. The monoisotopic (exact) mass is 277 g/mol. The molecule has 0 spiro atoms. The number of aryl methyl sites for hydroxylation is 1. The summed E-state index contributed by atoms with van der Waals surface area (Å²) >= 11 is 0. The molecule has 2 aromatic heterocycles. The van der Waals surface area contributed by atoms with E-state index in [9.17, 15) is 0 Å². The molecule has 2 aromatic rings. The van der Waals surface area contributed by atoms with E-state index in [1.54, 1.807) is 7.11 Å². The van der Waals surface area contributed by atoms with Gasteiger partial charge in [0.1, 0.15) is 6.61 Å². The summed E-state index contributed by atoms with van der Waals surface area (Å²) < 4.78 is 10.2. The van der Waals surface area contributed by atoms with Crippen LogP contribution >= 0.6 is 0 Å². The molecule has 0 amide bonds. The molecule has 0 aromatic carbocycles. The van der Waals surface area contributed by atoms with Gasteiger partial charge in [0.05, 0.1) is 12.2 Å². The number of aromatic nitrogens is 4. The van der Waals surface area contributed by atoms with Crippen molar-refractivity contribution in [2.24, 2.45) is 0 Å². The predicted octanol–water partition coefficient (Wildman–Crippen LogP) is 1.06. The number of hydrogen-bond donors (Lipinski definition) is 1. The highest BCUT2D eigenvalue weighted by Gasteiger charge is 2.22. The number of hydrogen-bond acceptors (Lipinski definition) is 6. The van der Waals surface area contributed by atoms with Gasteiger partial charge in [-0.25, -0.2) is 0 Å². The highest BCUT2D eigenvalue weighted by Crippen LogP contribution is 2.21. The Hall–Kier alpha value is -1.73. The van der Waals surface area contributed by atoms with Gasteiger partial charge in [-0.15, -0.1) is 0 Å². The minimum Gasteiger partial charge on any atom is -0.377 e. The maximum atomic E-state index is 5.24. The van der Waals surface area contributed by atoms with Crippen LogP contribution in [0.2, 0.25) is 0 Å². The highest BCUT2D eigenvalue weighted by molar-refractivity contribution is 5.27. The molecule has 1 N–H and O–H groups in total. The normalized spacial score (nSPS) is 15.5. The third kappa shape index (κ3) is 2.59. The molecule has 0 bridgehead atoms. The third-order valence-corrected chi connectivity index (χ3v) is 3.58. The maximum absolute atomic E-state index is 5.24. The number of rotatable bonds is 5. The molecule has 1 aliphatic rings. The minimum absolute atomic E-state index is 0.384. The second kappa shape index (κ2) is 5.72. The minimum atomic E-state index is 0.384. The number of fused-ring (bicyclic) bond motifs is 1. The highest BCUT2D eigenvalue weighted by atomic mass is 16.5. The Morgan fingerprint density at radius 1 is 1.45 bits per heavy atom. The molecule has 0 radical (unpaired) electrons. The number of nitrogens with zero attached hydrogens (tertiary/aromatic N) is 4. The maximum Gasteiger partial charge on any atom is 0.240 e. The van der Waals surface area contributed by atoms with Crippen LogP contribution in [-0.2, 0) is 37.3 Å². The topological polar surface area (TPSA) is 80.1 Å². The summed E-state index contributed by atoms with van der Waals surface area (Å²) in [5.74, 6) is 1.24. The SMILES string of the molecule is CCc1n[nH]c2c1CN(Cc1nc(COC)no1)CC2. The number of methoxy groups -OCH3 is 1. The van der Waals surface area contributed by atoms with Crippen LogP contribution in [0.4, 0.5) is 0 Å². The van der Waals surface area contributed by atoms with Gasteiger partial charge in [0.2, 0.25) is 5.89 Å². The van der Waals surface area contributed by atoms with Gasteiger partial charge in [-0.3, -0.25) is 10.00 Å². The van der Waals surface area contributed by atoms with Gasteiger partial charge in [0.25, 0.3) is 0 Å². The Morgan fingerprint density at radius 2 is 2.35 bits per heavy atom. The first-order chi connectivity index (χ1) is 9.80. The predicted molar refractivity (Wildman–Crippen MR) is 70.8 cm³/mol. The van der Waals surface area contributed by atoms with Crippen molar-refractivity contribution in [3.05, 3.63) is 28.7 Å². The molecule has 0 saturated carbocycles. The first-order valence-corrected chi connectivity index (χ1v) is 6.88. The first kappa shape index (κ1) is 13.3. The van der Waals surface area contributed by atoms with E-state index in [2.05, 4.69) is 32.2 Å². The van der Waals surface area contributed by atoms with Crippen molar-refractivity contribution in [3.63, 3.8) is 0 Å². The van der Waals surface area contributed by atoms with E-state index in [1.807, 2.05) is 0 Å². The van der Waals surface area contributed by atoms with Crippen LogP contribution in [0.3, 0.4) is 0 Å². The third-order valence-electron chi connectivity index (χ3n) is 3.58. The summed E-state index contributed by atoms with van der Waals surface area (Å²) in [5, 5.41) is 11.4. The smallest absolute Gasteiger partial charge is 0.240 e. The van der Waals surface area contributed by atoms with Crippen LogP contribution in [0.25, 0.3) is 0 Å².